The van der Waals surface area contributed by atoms with Crippen LogP contribution in [-0.2, 0) is 4.79 Å². The maximum Gasteiger partial charge on any atom is 0.330 e. The number of rotatable bonds is 5. The van der Waals surface area contributed by atoms with Crippen molar-refractivity contribution in [2.45, 2.75) is 25.8 Å². The number of hydrogen-bond donors (Lipinski definition) is 1. The molecule has 1 unspecified atom stereocenters. The van der Waals surface area contributed by atoms with Gasteiger partial charge in [0.15, 0.2) is 6.04 Å². The summed E-state index contributed by atoms with van der Waals surface area (Å²) in [4.78, 5) is 10.8. The molecule has 0 amide bonds. The Balaban J connectivity index is 2.65. The van der Waals surface area contributed by atoms with Crippen molar-refractivity contribution in [3.63, 3.8) is 0 Å². The van der Waals surface area contributed by atoms with Gasteiger partial charge in [-0.15, -0.1) is 0 Å². The molecular weight excluding hydrogens is 192 g/mol. The second-order valence-electron chi connectivity index (χ2n) is 3.19. The number of carboxylic acids is 1. The maximum atomic E-state index is 10.8. The Bertz CT molecular complexity index is 336. The molecule has 0 aliphatic heterocycles. The van der Waals surface area contributed by atoms with E-state index in [0.29, 0.717) is 12.1 Å². The predicted molar refractivity (Wildman–Crippen MR) is 57.3 cm³/mol. The molecule has 0 radical (unpaired) electrons. The fourth-order valence-electron chi connectivity index (χ4n) is 1.14. The number of nitrogens with zero attached hydrogens (tertiary/aromatic N) is 2. The SMILES string of the molecule is CCCC(N=Nc1ccccc1)C(=O)O. The molecule has 4 nitrogen and oxygen atoms in total. The highest BCUT2D eigenvalue weighted by atomic mass is 16.4. The first-order valence-electron chi connectivity index (χ1n) is 4.92. The fraction of sp³-hybridized carbons (Fsp3) is 0.364. The fourth-order valence-corrected chi connectivity index (χ4v) is 1.14. The molecule has 0 saturated heterocycles. The summed E-state index contributed by atoms with van der Waals surface area (Å²) in [5.41, 5.74) is 0.680. The van der Waals surface area contributed by atoms with Gasteiger partial charge in [0.2, 0.25) is 0 Å². The Morgan fingerprint density at radius 3 is 2.60 bits per heavy atom. The Morgan fingerprint density at radius 1 is 1.40 bits per heavy atom. The Labute approximate surface area is 88.7 Å². The van der Waals surface area contributed by atoms with Gasteiger partial charge in [-0.25, -0.2) is 4.79 Å². The lowest BCUT2D eigenvalue weighted by Crippen LogP contribution is -2.16. The first kappa shape index (κ1) is 11.4. The summed E-state index contributed by atoms with van der Waals surface area (Å²) in [5.74, 6) is -0.920. The van der Waals surface area contributed by atoms with Crippen LogP contribution in [0.5, 0.6) is 0 Å². The van der Waals surface area contributed by atoms with Crippen LogP contribution in [0.25, 0.3) is 0 Å². The molecule has 0 heterocycles. The van der Waals surface area contributed by atoms with Gasteiger partial charge in [-0.3, -0.25) is 0 Å². The van der Waals surface area contributed by atoms with Crippen LogP contribution >= 0.6 is 0 Å². The van der Waals surface area contributed by atoms with E-state index in [1.807, 2.05) is 25.1 Å². The van der Waals surface area contributed by atoms with Gasteiger partial charge >= 0.3 is 5.97 Å². The van der Waals surface area contributed by atoms with Crippen molar-refractivity contribution in [2.75, 3.05) is 0 Å². The van der Waals surface area contributed by atoms with E-state index in [1.165, 1.54) is 0 Å². The smallest absolute Gasteiger partial charge is 0.330 e. The molecule has 0 bridgehead atoms. The molecule has 0 saturated carbocycles. The zero-order valence-electron chi connectivity index (χ0n) is 8.63. The first-order chi connectivity index (χ1) is 7.24. The van der Waals surface area contributed by atoms with E-state index in [0.717, 1.165) is 6.42 Å². The molecule has 0 aromatic heterocycles. The van der Waals surface area contributed by atoms with Crippen LogP contribution in [0, 0.1) is 0 Å². The number of hydrogen-bond acceptors (Lipinski definition) is 3. The van der Waals surface area contributed by atoms with E-state index >= 15 is 0 Å². The van der Waals surface area contributed by atoms with Crippen molar-refractivity contribution in [2.24, 2.45) is 10.2 Å². The topological polar surface area (TPSA) is 62.0 Å². The second-order valence-corrected chi connectivity index (χ2v) is 3.19. The van der Waals surface area contributed by atoms with E-state index in [9.17, 15) is 4.79 Å². The van der Waals surface area contributed by atoms with Gasteiger partial charge in [0.25, 0.3) is 0 Å². The van der Waals surface area contributed by atoms with E-state index in [1.54, 1.807) is 12.1 Å². The highest BCUT2D eigenvalue weighted by molar-refractivity contribution is 5.73. The van der Waals surface area contributed by atoms with Crippen LogP contribution in [0.2, 0.25) is 0 Å². The zero-order valence-corrected chi connectivity index (χ0v) is 8.63. The number of carboxylic acid groups (broad SMARTS) is 1. The number of carbonyl (C=O) groups is 1. The molecular formula is C11H14N2O2. The molecule has 0 spiro atoms. The average Bonchev–Trinajstić information content (AvgIpc) is 2.25. The third-order valence-electron chi connectivity index (χ3n) is 1.92. The van der Waals surface area contributed by atoms with Crippen LogP contribution in [0.4, 0.5) is 5.69 Å². The van der Waals surface area contributed by atoms with E-state index in [-0.39, 0.29) is 0 Å². The van der Waals surface area contributed by atoms with E-state index < -0.39 is 12.0 Å². The summed E-state index contributed by atoms with van der Waals surface area (Å²) in [6.45, 7) is 1.92. The lowest BCUT2D eigenvalue weighted by Gasteiger charge is -2.02. The molecule has 4 heteroatoms. The molecule has 15 heavy (non-hydrogen) atoms. The van der Waals surface area contributed by atoms with Crippen LogP contribution < -0.4 is 0 Å². The van der Waals surface area contributed by atoms with Crippen molar-refractivity contribution >= 4 is 11.7 Å². The molecule has 0 fully saturated rings. The number of benzene rings is 1. The summed E-state index contributed by atoms with van der Waals surface area (Å²) in [6, 6.07) is 8.39. The molecule has 1 rings (SSSR count). The highest BCUT2D eigenvalue weighted by Gasteiger charge is 2.14. The van der Waals surface area contributed by atoms with Gasteiger partial charge in [-0.2, -0.15) is 10.2 Å². The van der Waals surface area contributed by atoms with Gasteiger partial charge in [-0.1, -0.05) is 31.5 Å². The minimum atomic E-state index is -0.920. The van der Waals surface area contributed by atoms with Crippen LogP contribution in [0.1, 0.15) is 19.8 Å². The summed E-state index contributed by atoms with van der Waals surface area (Å²) < 4.78 is 0. The van der Waals surface area contributed by atoms with E-state index in [4.69, 9.17) is 5.11 Å². The molecule has 1 aromatic carbocycles. The summed E-state index contributed by atoms with van der Waals surface area (Å²) in [6.07, 6.45) is 1.30. The average molecular weight is 206 g/mol. The largest absolute Gasteiger partial charge is 0.480 e. The van der Waals surface area contributed by atoms with Crippen LogP contribution in [0.3, 0.4) is 0 Å². The summed E-state index contributed by atoms with van der Waals surface area (Å²) in [7, 11) is 0. The lowest BCUT2D eigenvalue weighted by atomic mass is 10.2. The van der Waals surface area contributed by atoms with Gasteiger partial charge < -0.3 is 5.11 Å². The quantitative estimate of drug-likeness (QED) is 0.752. The molecule has 80 valence electrons. The Kier molecular flexibility index (Phi) is 4.47. The van der Waals surface area contributed by atoms with E-state index in [2.05, 4.69) is 10.2 Å². The normalized spacial score (nSPS) is 12.9. The second kappa shape index (κ2) is 5.90. The first-order valence-corrected chi connectivity index (χ1v) is 4.92. The zero-order chi connectivity index (χ0) is 11.1. The minimum Gasteiger partial charge on any atom is -0.480 e. The van der Waals surface area contributed by atoms with Crippen molar-refractivity contribution in [3.05, 3.63) is 30.3 Å². The summed E-state index contributed by atoms with van der Waals surface area (Å²) in [5, 5.41) is 16.5. The lowest BCUT2D eigenvalue weighted by molar-refractivity contribution is -0.138. The highest BCUT2D eigenvalue weighted by Crippen LogP contribution is 2.12. The Hall–Kier alpha value is -1.71. The molecule has 1 N–H and O–H groups in total. The Morgan fingerprint density at radius 2 is 2.07 bits per heavy atom. The monoisotopic (exact) mass is 206 g/mol. The number of aliphatic carboxylic acids is 1. The molecule has 1 atom stereocenters. The summed E-state index contributed by atoms with van der Waals surface area (Å²) >= 11 is 0. The van der Waals surface area contributed by atoms with Gasteiger partial charge in [-0.05, 0) is 18.6 Å². The van der Waals surface area contributed by atoms with Gasteiger partial charge in [0, 0.05) is 0 Å². The van der Waals surface area contributed by atoms with Crippen molar-refractivity contribution in [1.29, 1.82) is 0 Å². The van der Waals surface area contributed by atoms with Crippen molar-refractivity contribution < 1.29 is 9.90 Å². The van der Waals surface area contributed by atoms with Gasteiger partial charge in [0.05, 0.1) is 5.69 Å². The van der Waals surface area contributed by atoms with Crippen LogP contribution in [0.15, 0.2) is 40.6 Å². The van der Waals surface area contributed by atoms with Crippen LogP contribution in [-0.4, -0.2) is 17.1 Å². The molecule has 1 aromatic rings. The predicted octanol–water partition coefficient (Wildman–Crippen LogP) is 3.02. The standard InChI is InChI=1S/C11H14N2O2/c1-2-6-10(11(14)15)13-12-9-7-4-3-5-8-9/h3-5,7-8,10H,2,6H2,1H3,(H,14,15). The van der Waals surface area contributed by atoms with Gasteiger partial charge in [0.1, 0.15) is 0 Å². The van der Waals surface area contributed by atoms with Crippen molar-refractivity contribution in [1.82, 2.24) is 0 Å². The number of azo groups is 1. The maximum absolute atomic E-state index is 10.8. The molecule has 0 aliphatic rings. The minimum absolute atomic E-state index is 0.520. The third-order valence-corrected chi connectivity index (χ3v) is 1.92. The molecule has 0 aliphatic carbocycles. The third kappa shape index (κ3) is 3.89. The van der Waals surface area contributed by atoms with Crippen molar-refractivity contribution in [3.8, 4) is 0 Å².